The largest absolute Gasteiger partial charge is 0.455 e. The van der Waals surface area contributed by atoms with Gasteiger partial charge in [-0.25, -0.2) is 0 Å². The first-order valence-corrected chi connectivity index (χ1v) is 9.34. The summed E-state index contributed by atoms with van der Waals surface area (Å²) in [6, 6.07) is 11.1. The van der Waals surface area contributed by atoms with Gasteiger partial charge < -0.3 is 15.0 Å². The molecule has 3 rings (SSSR count). The molecule has 9 nitrogen and oxygen atoms in total. The number of rotatable bonds is 6. The van der Waals surface area contributed by atoms with Crippen LogP contribution in [0.3, 0.4) is 0 Å². The Morgan fingerprint density at radius 3 is 2.53 bits per heavy atom. The molecule has 1 aliphatic rings. The Morgan fingerprint density at radius 1 is 1.20 bits per heavy atom. The third kappa shape index (κ3) is 4.62. The molecule has 156 valence electrons. The number of benzene rings is 2. The van der Waals surface area contributed by atoms with Gasteiger partial charge in [-0.1, -0.05) is 24.3 Å². The lowest BCUT2D eigenvalue weighted by Crippen LogP contribution is -2.29. The fourth-order valence-corrected chi connectivity index (χ4v) is 3.46. The van der Waals surface area contributed by atoms with Crippen molar-refractivity contribution >= 4 is 34.8 Å². The first-order valence-electron chi connectivity index (χ1n) is 9.34. The van der Waals surface area contributed by atoms with Crippen molar-refractivity contribution in [3.8, 4) is 0 Å². The van der Waals surface area contributed by atoms with E-state index in [0.29, 0.717) is 0 Å². The van der Waals surface area contributed by atoms with E-state index in [1.807, 2.05) is 32.0 Å². The fraction of sp³-hybridized carbons (Fsp3) is 0.286. The van der Waals surface area contributed by atoms with Crippen LogP contribution in [0, 0.1) is 29.9 Å². The zero-order valence-electron chi connectivity index (χ0n) is 16.6. The van der Waals surface area contributed by atoms with Gasteiger partial charge in [0, 0.05) is 36.5 Å². The molecular weight excluding hydrogens is 390 g/mol. The Balaban J connectivity index is 1.56. The molecular formula is C21H21N3O6. The van der Waals surface area contributed by atoms with E-state index in [9.17, 15) is 24.5 Å². The molecule has 9 heteroatoms. The number of nitro groups is 1. The number of hydrogen-bond donors (Lipinski definition) is 1. The third-order valence-electron chi connectivity index (χ3n) is 4.85. The predicted octanol–water partition coefficient (Wildman–Crippen LogP) is 2.75. The van der Waals surface area contributed by atoms with E-state index in [-0.39, 0.29) is 30.2 Å². The van der Waals surface area contributed by atoms with Crippen LogP contribution in [0.25, 0.3) is 0 Å². The summed E-state index contributed by atoms with van der Waals surface area (Å²) in [7, 11) is 0. The van der Waals surface area contributed by atoms with Crippen molar-refractivity contribution in [2.45, 2.75) is 20.3 Å². The molecule has 1 aliphatic heterocycles. The highest BCUT2D eigenvalue weighted by atomic mass is 16.6. The highest BCUT2D eigenvalue weighted by molar-refractivity contribution is 6.01. The summed E-state index contributed by atoms with van der Waals surface area (Å²) >= 11 is 0. The molecule has 0 aliphatic carbocycles. The first kappa shape index (κ1) is 21.0. The monoisotopic (exact) mass is 411 g/mol. The maximum Gasteiger partial charge on any atom is 0.311 e. The summed E-state index contributed by atoms with van der Waals surface area (Å²) in [6.07, 6.45) is 0.0130. The summed E-state index contributed by atoms with van der Waals surface area (Å²) in [5.74, 6) is -2.09. The van der Waals surface area contributed by atoms with Gasteiger partial charge in [0.25, 0.3) is 11.6 Å². The third-order valence-corrected chi connectivity index (χ3v) is 4.85. The summed E-state index contributed by atoms with van der Waals surface area (Å²) in [5, 5.41) is 13.2. The molecule has 2 aromatic carbocycles. The number of aryl methyl sites for hydroxylation is 2. The van der Waals surface area contributed by atoms with Crippen LogP contribution in [-0.4, -0.2) is 35.9 Å². The topological polar surface area (TPSA) is 119 Å². The summed E-state index contributed by atoms with van der Waals surface area (Å²) in [4.78, 5) is 48.6. The number of amides is 2. The molecule has 0 radical (unpaired) electrons. The molecule has 2 aromatic rings. The zero-order chi connectivity index (χ0) is 21.8. The van der Waals surface area contributed by atoms with Gasteiger partial charge in [0.15, 0.2) is 6.61 Å². The number of nitro benzene ring substituents is 1. The molecule has 1 atom stereocenters. The van der Waals surface area contributed by atoms with E-state index in [2.05, 4.69) is 5.32 Å². The summed E-state index contributed by atoms with van der Waals surface area (Å²) < 4.78 is 5.07. The minimum Gasteiger partial charge on any atom is -0.455 e. The van der Waals surface area contributed by atoms with Crippen LogP contribution in [0.1, 0.15) is 17.5 Å². The maximum atomic E-state index is 12.4. The van der Waals surface area contributed by atoms with E-state index < -0.39 is 29.3 Å². The zero-order valence-corrected chi connectivity index (χ0v) is 16.6. The van der Waals surface area contributed by atoms with Crippen molar-refractivity contribution in [2.24, 2.45) is 5.92 Å². The number of carbonyl (C=O) groups is 3. The molecule has 0 bridgehead atoms. The van der Waals surface area contributed by atoms with E-state index >= 15 is 0 Å². The second-order valence-electron chi connectivity index (χ2n) is 7.11. The van der Waals surface area contributed by atoms with Gasteiger partial charge in [-0.15, -0.1) is 0 Å². The lowest BCUT2D eigenvalue weighted by atomic mass is 10.1. The summed E-state index contributed by atoms with van der Waals surface area (Å²) in [6.45, 7) is 3.45. The van der Waals surface area contributed by atoms with Gasteiger partial charge in [-0.2, -0.15) is 0 Å². The quantitative estimate of drug-likeness (QED) is 0.443. The normalized spacial score (nSPS) is 15.7. The first-order chi connectivity index (χ1) is 14.3. The number of nitrogens with zero attached hydrogens (tertiary/aromatic N) is 2. The van der Waals surface area contributed by atoms with Gasteiger partial charge in [-0.3, -0.25) is 24.5 Å². The molecule has 1 heterocycles. The predicted molar refractivity (Wildman–Crippen MR) is 109 cm³/mol. The number of non-ortho nitro benzene ring substituents is 1. The molecule has 1 fully saturated rings. The fourth-order valence-electron chi connectivity index (χ4n) is 3.46. The second-order valence-corrected chi connectivity index (χ2v) is 7.11. The molecule has 0 spiro atoms. The van der Waals surface area contributed by atoms with E-state index in [1.165, 1.54) is 24.3 Å². The van der Waals surface area contributed by atoms with Crippen molar-refractivity contribution in [3.63, 3.8) is 0 Å². The molecule has 0 saturated carbocycles. The Kier molecular flexibility index (Phi) is 6.10. The van der Waals surface area contributed by atoms with E-state index in [4.69, 9.17) is 4.74 Å². The molecule has 0 aromatic heterocycles. The average Bonchev–Trinajstić information content (AvgIpc) is 3.07. The average molecular weight is 411 g/mol. The Hall–Kier alpha value is -3.75. The number of anilines is 2. The maximum absolute atomic E-state index is 12.4. The van der Waals surface area contributed by atoms with Crippen LogP contribution in [0.2, 0.25) is 0 Å². The van der Waals surface area contributed by atoms with Crippen molar-refractivity contribution in [1.82, 2.24) is 0 Å². The lowest BCUT2D eigenvalue weighted by molar-refractivity contribution is -0.384. The minimum atomic E-state index is -0.665. The van der Waals surface area contributed by atoms with E-state index in [0.717, 1.165) is 16.8 Å². The molecule has 30 heavy (non-hydrogen) atoms. The Bertz CT molecular complexity index is 999. The van der Waals surface area contributed by atoms with Crippen LogP contribution in [0.15, 0.2) is 42.5 Å². The van der Waals surface area contributed by atoms with Crippen LogP contribution in [-0.2, 0) is 19.1 Å². The standard InChI is InChI=1S/C21H21N3O6/c1-13-5-3-6-14(2)20(13)23-11-15(9-19(23)26)21(27)30-12-18(25)22-16-7-4-8-17(10-16)24(28)29/h3-8,10,15H,9,11-12H2,1-2H3,(H,22,25)/t15-/m0/s1. The van der Waals surface area contributed by atoms with Gasteiger partial charge in [-0.05, 0) is 31.0 Å². The number of esters is 1. The van der Waals surface area contributed by atoms with Crippen LogP contribution < -0.4 is 10.2 Å². The van der Waals surface area contributed by atoms with Crippen molar-refractivity contribution < 1.29 is 24.0 Å². The highest BCUT2D eigenvalue weighted by Gasteiger charge is 2.37. The smallest absolute Gasteiger partial charge is 0.311 e. The number of nitrogens with one attached hydrogen (secondary N) is 1. The van der Waals surface area contributed by atoms with Crippen LogP contribution in [0.4, 0.5) is 17.1 Å². The number of hydrogen-bond acceptors (Lipinski definition) is 6. The van der Waals surface area contributed by atoms with Gasteiger partial charge >= 0.3 is 5.97 Å². The van der Waals surface area contributed by atoms with E-state index in [1.54, 1.807) is 4.90 Å². The second kappa shape index (κ2) is 8.73. The van der Waals surface area contributed by atoms with Crippen molar-refractivity contribution in [3.05, 3.63) is 63.7 Å². The van der Waals surface area contributed by atoms with Crippen molar-refractivity contribution in [2.75, 3.05) is 23.4 Å². The van der Waals surface area contributed by atoms with Crippen LogP contribution in [0.5, 0.6) is 0 Å². The van der Waals surface area contributed by atoms with Crippen molar-refractivity contribution in [1.29, 1.82) is 0 Å². The summed E-state index contributed by atoms with van der Waals surface area (Å²) in [5.41, 5.74) is 2.73. The Morgan fingerprint density at radius 2 is 1.87 bits per heavy atom. The number of para-hydroxylation sites is 1. The minimum absolute atomic E-state index is 0.0130. The molecule has 1 N–H and O–H groups in total. The molecule has 2 amide bonds. The van der Waals surface area contributed by atoms with Gasteiger partial charge in [0.1, 0.15) is 0 Å². The highest BCUT2D eigenvalue weighted by Crippen LogP contribution is 2.31. The molecule has 0 unspecified atom stereocenters. The van der Waals surface area contributed by atoms with Gasteiger partial charge in [0.05, 0.1) is 10.8 Å². The lowest BCUT2D eigenvalue weighted by Gasteiger charge is -2.21. The Labute approximate surface area is 172 Å². The van der Waals surface area contributed by atoms with Gasteiger partial charge in [0.2, 0.25) is 5.91 Å². The van der Waals surface area contributed by atoms with Crippen LogP contribution >= 0.6 is 0 Å². The molecule has 1 saturated heterocycles. The number of ether oxygens (including phenoxy) is 1. The number of carbonyl (C=O) groups excluding carboxylic acids is 3. The SMILES string of the molecule is Cc1cccc(C)c1N1C[C@@H](C(=O)OCC(=O)Nc2cccc([N+](=O)[O-])c2)CC1=O.